The number of amides is 1. The van der Waals surface area contributed by atoms with Crippen molar-refractivity contribution < 1.29 is 9.18 Å². The lowest BCUT2D eigenvalue weighted by molar-refractivity contribution is -0.120. The molecule has 3 rings (SSSR count). The third kappa shape index (κ3) is 4.33. The molecule has 0 saturated carbocycles. The number of benzene rings is 1. The van der Waals surface area contributed by atoms with Crippen molar-refractivity contribution in [2.24, 2.45) is 10.8 Å². The van der Waals surface area contributed by atoms with E-state index in [-0.39, 0.29) is 18.0 Å². The van der Waals surface area contributed by atoms with Crippen LogP contribution >= 0.6 is 0 Å². The number of nitrogens with two attached hydrogens (primary N) is 1. The lowest BCUT2D eigenvalue weighted by atomic mass is 10.1. The van der Waals surface area contributed by atoms with E-state index in [1.807, 2.05) is 26.0 Å². The zero-order chi connectivity index (χ0) is 20.1. The van der Waals surface area contributed by atoms with Gasteiger partial charge in [-0.25, -0.2) is 14.4 Å². The van der Waals surface area contributed by atoms with Crippen LogP contribution in [0.3, 0.4) is 0 Å². The smallest absolute Gasteiger partial charge is 0.248 e. The summed E-state index contributed by atoms with van der Waals surface area (Å²) in [5.41, 5.74) is 7.62. The van der Waals surface area contributed by atoms with Gasteiger partial charge in [0, 0.05) is 23.5 Å². The predicted octanol–water partition coefficient (Wildman–Crippen LogP) is 2.84. The predicted molar refractivity (Wildman–Crippen MR) is 107 cm³/mol. The molecule has 0 aliphatic carbocycles. The molecule has 0 unspecified atom stereocenters. The number of hydrogen-bond donors (Lipinski definition) is 2. The van der Waals surface area contributed by atoms with Crippen LogP contribution in [0.25, 0.3) is 11.4 Å². The van der Waals surface area contributed by atoms with Crippen LogP contribution in [0.4, 0.5) is 10.1 Å². The van der Waals surface area contributed by atoms with Crippen LogP contribution in [-0.4, -0.2) is 39.2 Å². The molecule has 1 fully saturated rings. The van der Waals surface area contributed by atoms with Gasteiger partial charge in [0.2, 0.25) is 5.91 Å². The van der Waals surface area contributed by atoms with Crippen molar-refractivity contribution in [3.63, 3.8) is 0 Å². The number of rotatable bonds is 5. The Morgan fingerprint density at radius 3 is 2.82 bits per heavy atom. The third-order valence-electron chi connectivity index (χ3n) is 4.69. The molecular weight excluding hydrogens is 359 g/mol. The van der Waals surface area contributed by atoms with Gasteiger partial charge in [-0.1, -0.05) is 6.07 Å². The van der Waals surface area contributed by atoms with Crippen LogP contribution in [0.5, 0.6) is 0 Å². The summed E-state index contributed by atoms with van der Waals surface area (Å²) in [5, 5.41) is 9.10. The summed E-state index contributed by atoms with van der Waals surface area (Å²) >= 11 is 0. The molecule has 1 amide bonds. The van der Waals surface area contributed by atoms with Crippen LogP contribution in [0.1, 0.15) is 25.3 Å². The molecule has 7 nitrogen and oxygen atoms in total. The van der Waals surface area contributed by atoms with Gasteiger partial charge in [0.1, 0.15) is 6.04 Å². The second-order valence-corrected chi connectivity index (χ2v) is 6.72. The van der Waals surface area contributed by atoms with Crippen molar-refractivity contribution >= 4 is 17.8 Å². The molecule has 2 atom stereocenters. The van der Waals surface area contributed by atoms with Gasteiger partial charge < -0.3 is 11.1 Å². The number of allylic oxidation sites excluding steroid dienone is 1. The second kappa shape index (κ2) is 8.60. The summed E-state index contributed by atoms with van der Waals surface area (Å²) in [6.07, 6.45) is 8.44. The number of halogens is 1. The summed E-state index contributed by atoms with van der Waals surface area (Å²) < 4.78 is 13.1. The van der Waals surface area contributed by atoms with Gasteiger partial charge in [-0.15, -0.1) is 0 Å². The molecule has 0 radical (unpaired) electrons. The normalized spacial score (nSPS) is 19.6. The number of aromatic nitrogens is 2. The van der Waals surface area contributed by atoms with Crippen LogP contribution in [0.2, 0.25) is 0 Å². The number of carbonyl (C=O) groups excluding carboxylic acids is 1. The minimum atomic E-state index is -0.494. The number of aryl methyl sites for hydroxylation is 1. The molecule has 0 bridgehead atoms. The van der Waals surface area contributed by atoms with Gasteiger partial charge in [-0.05, 0) is 56.7 Å². The highest BCUT2D eigenvalue weighted by Gasteiger charge is 2.34. The van der Waals surface area contributed by atoms with Crippen LogP contribution in [0.15, 0.2) is 48.0 Å². The first-order valence-electron chi connectivity index (χ1n) is 9.08. The summed E-state index contributed by atoms with van der Waals surface area (Å²) in [4.78, 5) is 20.9. The SMILES string of the molecule is Cc1ccc(NC(=O)[C@H]2CC[C@@H](C)N2/N=C\C=C/N)cc1-c1ncc(F)cn1. The van der Waals surface area contributed by atoms with Crippen LogP contribution in [-0.2, 0) is 4.79 Å². The molecule has 1 aromatic carbocycles. The van der Waals surface area contributed by atoms with Crippen molar-refractivity contribution in [1.29, 1.82) is 0 Å². The zero-order valence-corrected chi connectivity index (χ0v) is 15.8. The highest BCUT2D eigenvalue weighted by atomic mass is 19.1. The maximum absolute atomic E-state index is 13.1. The van der Waals surface area contributed by atoms with Gasteiger partial charge in [-0.3, -0.25) is 9.80 Å². The van der Waals surface area contributed by atoms with Crippen LogP contribution < -0.4 is 11.1 Å². The zero-order valence-electron chi connectivity index (χ0n) is 15.8. The first kappa shape index (κ1) is 19.5. The van der Waals surface area contributed by atoms with Gasteiger partial charge in [0.15, 0.2) is 11.6 Å². The largest absolute Gasteiger partial charge is 0.405 e. The van der Waals surface area contributed by atoms with Crippen molar-refractivity contribution in [1.82, 2.24) is 15.0 Å². The van der Waals surface area contributed by atoms with Gasteiger partial charge in [0.25, 0.3) is 0 Å². The minimum absolute atomic E-state index is 0.131. The summed E-state index contributed by atoms with van der Waals surface area (Å²) in [6, 6.07) is 5.30. The lowest BCUT2D eigenvalue weighted by Gasteiger charge is -2.24. The molecule has 1 saturated heterocycles. The molecule has 28 heavy (non-hydrogen) atoms. The first-order chi connectivity index (χ1) is 13.5. The molecule has 1 aromatic heterocycles. The van der Waals surface area contributed by atoms with E-state index >= 15 is 0 Å². The Kier molecular flexibility index (Phi) is 5.98. The Balaban J connectivity index is 1.78. The van der Waals surface area contributed by atoms with E-state index in [2.05, 4.69) is 20.4 Å². The van der Waals surface area contributed by atoms with Gasteiger partial charge in [-0.2, -0.15) is 5.10 Å². The Hall–Kier alpha value is -3.29. The Morgan fingerprint density at radius 1 is 1.36 bits per heavy atom. The van der Waals surface area contributed by atoms with E-state index in [9.17, 15) is 9.18 Å². The lowest BCUT2D eigenvalue weighted by Crippen LogP contribution is -2.39. The number of anilines is 1. The summed E-state index contributed by atoms with van der Waals surface area (Å²) in [5.74, 6) is -0.219. The Bertz CT molecular complexity index is 896. The third-order valence-corrected chi connectivity index (χ3v) is 4.69. The maximum Gasteiger partial charge on any atom is 0.248 e. The van der Waals surface area contributed by atoms with Gasteiger partial charge in [0.05, 0.1) is 12.4 Å². The number of nitrogens with zero attached hydrogens (tertiary/aromatic N) is 4. The quantitative estimate of drug-likeness (QED) is 0.775. The van der Waals surface area contributed by atoms with Crippen molar-refractivity contribution in [2.75, 3.05) is 5.32 Å². The van der Waals surface area contributed by atoms with E-state index in [4.69, 9.17) is 5.73 Å². The number of hydrogen-bond acceptors (Lipinski definition) is 6. The highest BCUT2D eigenvalue weighted by molar-refractivity contribution is 5.95. The molecule has 2 heterocycles. The van der Waals surface area contributed by atoms with Crippen molar-refractivity contribution in [3.8, 4) is 11.4 Å². The fourth-order valence-corrected chi connectivity index (χ4v) is 3.20. The fraction of sp³-hybridized carbons (Fsp3) is 0.300. The van der Waals surface area contributed by atoms with E-state index in [0.717, 1.165) is 36.4 Å². The molecule has 1 aliphatic rings. The van der Waals surface area contributed by atoms with Crippen molar-refractivity contribution in [2.45, 2.75) is 38.8 Å². The van der Waals surface area contributed by atoms with Crippen molar-refractivity contribution in [3.05, 3.63) is 54.2 Å². The standard InChI is InChI=1S/C20H23FN6O/c1-13-4-6-16(10-17(13)19-23-11-15(21)12-24-19)26-20(28)18-7-5-14(2)27(18)25-9-3-8-22/h3-4,6,8-12,14,18H,5,7,22H2,1-2H3,(H,26,28)/b8-3-,25-9-/t14-,18-/m1/s1. The minimum Gasteiger partial charge on any atom is -0.405 e. The molecular formula is C20H23FN6O. The first-order valence-corrected chi connectivity index (χ1v) is 9.08. The molecule has 1 aliphatic heterocycles. The second-order valence-electron chi connectivity index (χ2n) is 6.72. The average molecular weight is 382 g/mol. The Morgan fingerprint density at radius 2 is 2.11 bits per heavy atom. The molecule has 2 aromatic rings. The molecule has 0 spiro atoms. The summed E-state index contributed by atoms with van der Waals surface area (Å²) in [7, 11) is 0. The highest BCUT2D eigenvalue weighted by Crippen LogP contribution is 2.27. The molecule has 3 N–H and O–H groups in total. The number of hydrazone groups is 1. The van der Waals surface area contributed by atoms with E-state index < -0.39 is 5.82 Å². The summed E-state index contributed by atoms with van der Waals surface area (Å²) in [6.45, 7) is 3.94. The average Bonchev–Trinajstić information content (AvgIpc) is 3.05. The molecule has 8 heteroatoms. The van der Waals surface area contributed by atoms with E-state index in [0.29, 0.717) is 11.5 Å². The molecule has 146 valence electrons. The van der Waals surface area contributed by atoms with E-state index in [1.54, 1.807) is 23.4 Å². The topological polar surface area (TPSA) is 96.5 Å². The fourth-order valence-electron chi connectivity index (χ4n) is 3.20. The maximum atomic E-state index is 13.1. The number of nitrogens with one attached hydrogen (secondary N) is 1. The Labute approximate surface area is 163 Å². The monoisotopic (exact) mass is 382 g/mol. The van der Waals surface area contributed by atoms with E-state index in [1.165, 1.54) is 6.20 Å². The number of carbonyl (C=O) groups is 1. The van der Waals surface area contributed by atoms with Crippen LogP contribution in [0, 0.1) is 12.7 Å². The van der Waals surface area contributed by atoms with Gasteiger partial charge >= 0.3 is 0 Å².